The van der Waals surface area contributed by atoms with E-state index < -0.39 is 5.97 Å². The van der Waals surface area contributed by atoms with E-state index in [1.807, 2.05) is 0 Å². The predicted molar refractivity (Wildman–Crippen MR) is 71.4 cm³/mol. The van der Waals surface area contributed by atoms with Crippen molar-refractivity contribution in [2.24, 2.45) is 5.92 Å². The lowest BCUT2D eigenvalue weighted by molar-refractivity contribution is -0.138. The molecule has 1 unspecified atom stereocenters. The molecule has 2 aliphatic carbocycles. The Morgan fingerprint density at radius 1 is 1.50 bits per heavy atom. The standard InChI is InChI=1S/C13H18N2O2S/c1-2-15(7-8-3-4-8)13-14-11-9(12(16)17)5-6-10(11)18-13/h8-9H,2-7H2,1H3,(H,16,17). The first-order valence-electron chi connectivity index (χ1n) is 6.66. The molecular weight excluding hydrogens is 248 g/mol. The zero-order chi connectivity index (χ0) is 12.7. The smallest absolute Gasteiger partial charge is 0.312 e. The third kappa shape index (κ3) is 2.11. The fourth-order valence-corrected chi connectivity index (χ4v) is 3.75. The van der Waals surface area contributed by atoms with Gasteiger partial charge in [0.15, 0.2) is 5.13 Å². The topological polar surface area (TPSA) is 53.4 Å². The van der Waals surface area contributed by atoms with Crippen molar-refractivity contribution >= 4 is 22.4 Å². The number of hydrogen-bond donors (Lipinski definition) is 1. The number of hydrogen-bond acceptors (Lipinski definition) is 4. The summed E-state index contributed by atoms with van der Waals surface area (Å²) in [4.78, 5) is 19.3. The van der Waals surface area contributed by atoms with Gasteiger partial charge in [-0.25, -0.2) is 4.98 Å². The molecule has 1 saturated carbocycles. The molecule has 0 amide bonds. The van der Waals surface area contributed by atoms with Crippen LogP contribution in [0.5, 0.6) is 0 Å². The summed E-state index contributed by atoms with van der Waals surface area (Å²) in [6, 6.07) is 0. The number of rotatable bonds is 5. The van der Waals surface area contributed by atoms with Gasteiger partial charge in [0, 0.05) is 18.0 Å². The maximum Gasteiger partial charge on any atom is 0.312 e. The van der Waals surface area contributed by atoms with Crippen LogP contribution in [0.25, 0.3) is 0 Å². The van der Waals surface area contributed by atoms with E-state index in [4.69, 9.17) is 0 Å². The average Bonchev–Trinajstić information content (AvgIpc) is 2.91. The van der Waals surface area contributed by atoms with Gasteiger partial charge in [-0.1, -0.05) is 0 Å². The molecule has 0 aromatic carbocycles. The highest BCUT2D eigenvalue weighted by Gasteiger charge is 2.33. The first-order chi connectivity index (χ1) is 8.69. The minimum absolute atomic E-state index is 0.371. The Bertz CT molecular complexity index is 468. The van der Waals surface area contributed by atoms with E-state index in [1.165, 1.54) is 17.7 Å². The molecule has 0 aliphatic heterocycles. The second kappa shape index (κ2) is 4.53. The van der Waals surface area contributed by atoms with Crippen LogP contribution in [0.2, 0.25) is 0 Å². The van der Waals surface area contributed by atoms with Gasteiger partial charge in [0.05, 0.1) is 5.69 Å². The number of carboxylic acid groups (broad SMARTS) is 1. The van der Waals surface area contributed by atoms with Crippen LogP contribution in [0.4, 0.5) is 5.13 Å². The van der Waals surface area contributed by atoms with Crippen molar-refractivity contribution in [3.05, 3.63) is 10.6 Å². The molecule has 1 heterocycles. The molecule has 2 aliphatic rings. The van der Waals surface area contributed by atoms with Crippen molar-refractivity contribution in [1.82, 2.24) is 4.98 Å². The van der Waals surface area contributed by atoms with Crippen LogP contribution in [0, 0.1) is 5.92 Å². The van der Waals surface area contributed by atoms with Crippen LogP contribution in [0.15, 0.2) is 0 Å². The van der Waals surface area contributed by atoms with Gasteiger partial charge >= 0.3 is 5.97 Å². The first kappa shape index (κ1) is 12.0. The van der Waals surface area contributed by atoms with Gasteiger partial charge in [0.25, 0.3) is 0 Å². The molecule has 1 aromatic heterocycles. The number of carboxylic acids is 1. The number of thiazole rings is 1. The average molecular weight is 266 g/mol. The zero-order valence-electron chi connectivity index (χ0n) is 10.6. The summed E-state index contributed by atoms with van der Waals surface area (Å²) in [5.74, 6) is -0.264. The first-order valence-corrected chi connectivity index (χ1v) is 7.48. The molecule has 1 atom stereocenters. The minimum Gasteiger partial charge on any atom is -0.481 e. The maximum atomic E-state index is 11.2. The van der Waals surface area contributed by atoms with E-state index in [9.17, 15) is 9.90 Å². The fourth-order valence-electron chi connectivity index (χ4n) is 2.54. The molecule has 1 N–H and O–H groups in total. The molecule has 0 radical (unpaired) electrons. The Balaban J connectivity index is 1.81. The summed E-state index contributed by atoms with van der Waals surface area (Å²) in [6.07, 6.45) is 4.27. The van der Waals surface area contributed by atoms with Crippen LogP contribution in [-0.4, -0.2) is 29.1 Å². The van der Waals surface area contributed by atoms with E-state index in [0.717, 1.165) is 42.7 Å². The largest absolute Gasteiger partial charge is 0.481 e. The molecule has 0 saturated heterocycles. The summed E-state index contributed by atoms with van der Waals surface area (Å²) < 4.78 is 0. The van der Waals surface area contributed by atoms with E-state index in [0.29, 0.717) is 0 Å². The van der Waals surface area contributed by atoms with E-state index in [2.05, 4.69) is 16.8 Å². The predicted octanol–water partition coefficient (Wildman–Crippen LogP) is 2.49. The van der Waals surface area contributed by atoms with Gasteiger partial charge in [-0.15, -0.1) is 11.3 Å². The van der Waals surface area contributed by atoms with Crippen molar-refractivity contribution in [3.63, 3.8) is 0 Å². The van der Waals surface area contributed by atoms with Gasteiger partial charge in [0.2, 0.25) is 0 Å². The number of aryl methyl sites for hydroxylation is 1. The Hall–Kier alpha value is -1.10. The Morgan fingerprint density at radius 2 is 2.28 bits per heavy atom. The Morgan fingerprint density at radius 3 is 2.89 bits per heavy atom. The minimum atomic E-state index is -0.726. The number of nitrogens with zero attached hydrogens (tertiary/aromatic N) is 2. The Labute approximate surface area is 111 Å². The SMILES string of the molecule is CCN(CC1CC1)c1nc2c(s1)CCC2C(=O)O. The second-order valence-corrected chi connectivity index (χ2v) is 6.28. The van der Waals surface area contributed by atoms with Gasteiger partial charge in [0.1, 0.15) is 5.92 Å². The zero-order valence-corrected chi connectivity index (χ0v) is 11.4. The van der Waals surface area contributed by atoms with E-state index in [1.54, 1.807) is 11.3 Å². The highest BCUT2D eigenvalue weighted by atomic mass is 32.1. The van der Waals surface area contributed by atoms with E-state index in [-0.39, 0.29) is 5.92 Å². The summed E-state index contributed by atoms with van der Waals surface area (Å²) in [6.45, 7) is 4.19. The number of fused-ring (bicyclic) bond motifs is 1. The number of aliphatic carboxylic acids is 1. The molecule has 5 heteroatoms. The fraction of sp³-hybridized carbons (Fsp3) is 0.692. The summed E-state index contributed by atoms with van der Waals surface area (Å²) >= 11 is 1.70. The van der Waals surface area contributed by atoms with Crippen LogP contribution >= 0.6 is 11.3 Å². The molecule has 1 aromatic rings. The summed E-state index contributed by atoms with van der Waals surface area (Å²) in [5.41, 5.74) is 0.830. The van der Waals surface area contributed by atoms with Crippen LogP contribution in [0.1, 0.15) is 42.7 Å². The molecule has 0 spiro atoms. The highest BCUT2D eigenvalue weighted by molar-refractivity contribution is 7.15. The van der Waals surface area contributed by atoms with Crippen LogP contribution in [-0.2, 0) is 11.2 Å². The van der Waals surface area contributed by atoms with Gasteiger partial charge in [-0.3, -0.25) is 4.79 Å². The molecule has 4 nitrogen and oxygen atoms in total. The summed E-state index contributed by atoms with van der Waals surface area (Å²) in [7, 11) is 0. The van der Waals surface area contributed by atoms with Crippen molar-refractivity contribution in [1.29, 1.82) is 0 Å². The van der Waals surface area contributed by atoms with Crippen molar-refractivity contribution < 1.29 is 9.90 Å². The Kier molecular flexibility index (Phi) is 3.01. The summed E-state index contributed by atoms with van der Waals surface area (Å²) in [5, 5.41) is 10.2. The molecular formula is C13H18N2O2S. The molecule has 18 heavy (non-hydrogen) atoms. The second-order valence-electron chi connectivity index (χ2n) is 5.22. The van der Waals surface area contributed by atoms with Crippen molar-refractivity contribution in [2.75, 3.05) is 18.0 Å². The molecule has 1 fully saturated rings. The number of carbonyl (C=O) groups is 1. The van der Waals surface area contributed by atoms with Gasteiger partial charge < -0.3 is 10.0 Å². The van der Waals surface area contributed by atoms with Gasteiger partial charge in [-0.05, 0) is 38.5 Å². The third-order valence-corrected chi connectivity index (χ3v) is 5.02. The lowest BCUT2D eigenvalue weighted by Crippen LogP contribution is -2.25. The van der Waals surface area contributed by atoms with Crippen LogP contribution in [0.3, 0.4) is 0 Å². The lowest BCUT2D eigenvalue weighted by atomic mass is 10.1. The van der Waals surface area contributed by atoms with Gasteiger partial charge in [-0.2, -0.15) is 0 Å². The molecule has 98 valence electrons. The monoisotopic (exact) mass is 266 g/mol. The third-order valence-electron chi connectivity index (χ3n) is 3.83. The number of anilines is 1. The van der Waals surface area contributed by atoms with Crippen LogP contribution < -0.4 is 4.90 Å². The highest BCUT2D eigenvalue weighted by Crippen LogP contribution is 2.40. The normalized spacial score (nSPS) is 21.9. The lowest BCUT2D eigenvalue weighted by Gasteiger charge is -2.19. The maximum absolute atomic E-state index is 11.2. The van der Waals surface area contributed by atoms with Crippen molar-refractivity contribution in [3.8, 4) is 0 Å². The van der Waals surface area contributed by atoms with Crippen molar-refractivity contribution in [2.45, 2.75) is 38.5 Å². The quantitative estimate of drug-likeness (QED) is 0.889. The molecule has 0 bridgehead atoms. The number of aromatic nitrogens is 1. The van der Waals surface area contributed by atoms with E-state index >= 15 is 0 Å². The molecule has 3 rings (SSSR count).